The fourth-order valence-electron chi connectivity index (χ4n) is 4.50. The highest BCUT2D eigenvalue weighted by molar-refractivity contribution is 7.89. The summed E-state index contributed by atoms with van der Waals surface area (Å²) in [5.41, 5.74) is 7.22. The van der Waals surface area contributed by atoms with Crippen molar-refractivity contribution in [1.29, 1.82) is 0 Å². The molecule has 0 spiro atoms. The number of benzene rings is 1. The monoisotopic (exact) mass is 506 g/mol. The van der Waals surface area contributed by atoms with Gasteiger partial charge in [-0.05, 0) is 56.6 Å². The van der Waals surface area contributed by atoms with E-state index < -0.39 is 21.8 Å². The molecule has 3 N–H and O–H groups in total. The zero-order valence-corrected chi connectivity index (χ0v) is 21.2. The van der Waals surface area contributed by atoms with Crippen LogP contribution >= 0.6 is 11.3 Å². The van der Waals surface area contributed by atoms with Crippen LogP contribution in [0.1, 0.15) is 51.9 Å². The number of nitrogens with one attached hydrogen (secondary N) is 1. The SMILES string of the molecule is CCN1CCc2c(sc(NC(=O)c3ccc(S(=O)(=O)N4CC(C)OC(C)C4)cc3)c2C(N)=O)C1. The summed E-state index contributed by atoms with van der Waals surface area (Å²) in [7, 11) is -3.70. The van der Waals surface area contributed by atoms with Gasteiger partial charge in [-0.25, -0.2) is 8.42 Å². The number of nitrogens with two attached hydrogens (primary N) is 1. The second-order valence-electron chi connectivity index (χ2n) is 8.75. The molecule has 1 fully saturated rings. The van der Waals surface area contributed by atoms with Crippen molar-refractivity contribution < 1.29 is 22.7 Å². The Hall–Kier alpha value is -2.31. The van der Waals surface area contributed by atoms with Crippen LogP contribution in [-0.2, 0) is 27.7 Å². The number of primary amides is 1. The van der Waals surface area contributed by atoms with E-state index in [0.29, 0.717) is 22.5 Å². The number of carbonyl (C=O) groups is 2. The Balaban J connectivity index is 1.53. The molecule has 2 atom stereocenters. The molecule has 184 valence electrons. The van der Waals surface area contributed by atoms with Gasteiger partial charge in [0.05, 0.1) is 22.7 Å². The number of sulfonamides is 1. The van der Waals surface area contributed by atoms with Gasteiger partial charge >= 0.3 is 0 Å². The number of amides is 2. The maximum Gasteiger partial charge on any atom is 0.256 e. The van der Waals surface area contributed by atoms with Crippen LogP contribution in [0.15, 0.2) is 29.2 Å². The van der Waals surface area contributed by atoms with Crippen molar-refractivity contribution in [3.8, 4) is 0 Å². The number of anilines is 1. The predicted octanol–water partition coefficient (Wildman–Crippen LogP) is 2.28. The second-order valence-corrected chi connectivity index (χ2v) is 11.8. The van der Waals surface area contributed by atoms with Crippen LogP contribution in [0.3, 0.4) is 0 Å². The molecule has 2 unspecified atom stereocenters. The number of fused-ring (bicyclic) bond motifs is 1. The number of hydrogen-bond donors (Lipinski definition) is 2. The second kappa shape index (κ2) is 9.74. The number of likely N-dealkylation sites (N-methyl/N-ethyl adjacent to an activating group) is 1. The summed E-state index contributed by atoms with van der Waals surface area (Å²) in [5.74, 6) is -0.987. The lowest BCUT2D eigenvalue weighted by Crippen LogP contribution is -2.48. The van der Waals surface area contributed by atoms with Crippen LogP contribution in [-0.4, -0.2) is 67.8 Å². The molecule has 0 bridgehead atoms. The lowest BCUT2D eigenvalue weighted by Gasteiger charge is -2.34. The van der Waals surface area contributed by atoms with E-state index in [1.165, 1.54) is 39.9 Å². The zero-order chi connectivity index (χ0) is 24.6. The molecule has 0 aliphatic carbocycles. The van der Waals surface area contributed by atoms with Crippen molar-refractivity contribution in [3.05, 3.63) is 45.8 Å². The van der Waals surface area contributed by atoms with Crippen LogP contribution in [0.2, 0.25) is 0 Å². The number of nitrogens with zero attached hydrogens (tertiary/aromatic N) is 2. The topological polar surface area (TPSA) is 122 Å². The minimum atomic E-state index is -3.70. The molecule has 2 aliphatic heterocycles. The maximum atomic E-state index is 13.0. The lowest BCUT2D eigenvalue weighted by atomic mass is 10.0. The minimum absolute atomic E-state index is 0.120. The number of rotatable bonds is 6. The average Bonchev–Trinajstić information content (AvgIpc) is 3.15. The van der Waals surface area contributed by atoms with Crippen molar-refractivity contribution in [2.24, 2.45) is 5.73 Å². The largest absolute Gasteiger partial charge is 0.373 e. The maximum absolute atomic E-state index is 13.0. The molecule has 2 aliphatic rings. The van der Waals surface area contributed by atoms with E-state index in [-0.39, 0.29) is 30.2 Å². The molecule has 11 heteroatoms. The number of thiophene rings is 1. The number of ether oxygens (including phenoxy) is 1. The van der Waals surface area contributed by atoms with E-state index in [1.54, 1.807) is 0 Å². The van der Waals surface area contributed by atoms with Gasteiger partial charge in [0, 0.05) is 36.6 Å². The molecule has 0 radical (unpaired) electrons. The highest BCUT2D eigenvalue weighted by Crippen LogP contribution is 2.37. The molecule has 1 aromatic carbocycles. The van der Waals surface area contributed by atoms with Gasteiger partial charge in [0.15, 0.2) is 0 Å². The van der Waals surface area contributed by atoms with Crippen molar-refractivity contribution in [3.63, 3.8) is 0 Å². The molecular weight excluding hydrogens is 476 g/mol. The van der Waals surface area contributed by atoms with E-state index in [0.717, 1.165) is 30.1 Å². The summed E-state index contributed by atoms with van der Waals surface area (Å²) >= 11 is 1.37. The van der Waals surface area contributed by atoms with Gasteiger partial charge < -0.3 is 15.8 Å². The molecule has 1 aromatic heterocycles. The Kier molecular flexibility index (Phi) is 7.11. The summed E-state index contributed by atoms with van der Waals surface area (Å²) in [6.45, 7) is 8.79. The molecule has 9 nitrogen and oxygen atoms in total. The average molecular weight is 507 g/mol. The summed E-state index contributed by atoms with van der Waals surface area (Å²) in [4.78, 5) is 28.5. The molecule has 0 saturated carbocycles. The third kappa shape index (κ3) is 4.89. The van der Waals surface area contributed by atoms with E-state index in [9.17, 15) is 18.0 Å². The molecule has 1 saturated heterocycles. The first kappa shape index (κ1) is 24.8. The highest BCUT2D eigenvalue weighted by atomic mass is 32.2. The van der Waals surface area contributed by atoms with Crippen molar-refractivity contribution in [2.45, 2.75) is 50.8 Å². The Morgan fingerprint density at radius 3 is 2.41 bits per heavy atom. The first-order valence-electron chi connectivity index (χ1n) is 11.3. The van der Waals surface area contributed by atoms with Gasteiger partial charge in [0.2, 0.25) is 10.0 Å². The Bertz CT molecular complexity index is 1180. The van der Waals surface area contributed by atoms with Crippen LogP contribution in [0, 0.1) is 0 Å². The van der Waals surface area contributed by atoms with Gasteiger partial charge in [0.1, 0.15) is 5.00 Å². The van der Waals surface area contributed by atoms with E-state index in [4.69, 9.17) is 10.5 Å². The van der Waals surface area contributed by atoms with Gasteiger partial charge in [-0.3, -0.25) is 14.5 Å². The fourth-order valence-corrected chi connectivity index (χ4v) is 7.39. The number of carbonyl (C=O) groups excluding carboxylic acids is 2. The summed E-state index contributed by atoms with van der Waals surface area (Å²) in [5, 5.41) is 3.25. The van der Waals surface area contributed by atoms with Crippen molar-refractivity contribution in [2.75, 3.05) is 31.5 Å². The third-order valence-electron chi connectivity index (χ3n) is 6.20. The van der Waals surface area contributed by atoms with Crippen molar-refractivity contribution >= 4 is 38.2 Å². The van der Waals surface area contributed by atoms with Crippen LogP contribution < -0.4 is 11.1 Å². The third-order valence-corrected chi connectivity index (χ3v) is 9.18. The molecular formula is C23H30N4O5S2. The quantitative estimate of drug-likeness (QED) is 0.620. The number of morpholine rings is 1. The standard InChI is InChI=1S/C23H30N4O5S2/c1-4-26-10-9-18-19(13-26)33-23(20(18)21(24)28)25-22(29)16-5-7-17(8-6-16)34(30,31)27-11-14(2)32-15(3)12-27/h5-8,14-15H,4,9-13H2,1-3H3,(H2,24,28)(H,25,29). The first-order valence-corrected chi connectivity index (χ1v) is 13.6. The van der Waals surface area contributed by atoms with Gasteiger partial charge in [-0.1, -0.05) is 6.92 Å². The van der Waals surface area contributed by atoms with Gasteiger partial charge in [-0.15, -0.1) is 11.3 Å². The van der Waals surface area contributed by atoms with E-state index in [1.807, 2.05) is 13.8 Å². The Morgan fingerprint density at radius 2 is 1.82 bits per heavy atom. The summed E-state index contributed by atoms with van der Waals surface area (Å²) < 4.78 is 33.1. The molecule has 2 amide bonds. The molecule has 2 aromatic rings. The van der Waals surface area contributed by atoms with Crippen LogP contribution in [0.5, 0.6) is 0 Å². The summed E-state index contributed by atoms with van der Waals surface area (Å²) in [6, 6.07) is 5.82. The Labute approximate surface area is 203 Å². The smallest absolute Gasteiger partial charge is 0.256 e. The Morgan fingerprint density at radius 1 is 1.18 bits per heavy atom. The van der Waals surface area contributed by atoms with E-state index in [2.05, 4.69) is 17.1 Å². The van der Waals surface area contributed by atoms with Gasteiger partial charge in [-0.2, -0.15) is 4.31 Å². The molecule has 34 heavy (non-hydrogen) atoms. The molecule has 4 rings (SSSR count). The lowest BCUT2D eigenvalue weighted by molar-refractivity contribution is -0.0440. The normalized spacial score (nSPS) is 21.7. The van der Waals surface area contributed by atoms with Crippen LogP contribution in [0.4, 0.5) is 5.00 Å². The number of hydrogen-bond acceptors (Lipinski definition) is 7. The highest BCUT2D eigenvalue weighted by Gasteiger charge is 2.32. The van der Waals surface area contributed by atoms with Crippen molar-refractivity contribution in [1.82, 2.24) is 9.21 Å². The first-order chi connectivity index (χ1) is 16.1. The zero-order valence-electron chi connectivity index (χ0n) is 19.5. The summed E-state index contributed by atoms with van der Waals surface area (Å²) in [6.07, 6.45) is 0.326. The minimum Gasteiger partial charge on any atom is -0.373 e. The van der Waals surface area contributed by atoms with Gasteiger partial charge in [0.25, 0.3) is 11.8 Å². The van der Waals surface area contributed by atoms with E-state index >= 15 is 0 Å². The fraction of sp³-hybridized carbons (Fsp3) is 0.478. The van der Waals surface area contributed by atoms with Crippen LogP contribution in [0.25, 0.3) is 0 Å². The molecule has 3 heterocycles. The predicted molar refractivity (Wildman–Crippen MR) is 131 cm³/mol.